The van der Waals surface area contributed by atoms with Gasteiger partial charge in [0.05, 0.1) is 7.11 Å². The summed E-state index contributed by atoms with van der Waals surface area (Å²) < 4.78 is 9.81. The molecule has 1 aromatic carbocycles. The second-order valence-corrected chi connectivity index (χ2v) is 6.73. The van der Waals surface area contributed by atoms with Crippen molar-refractivity contribution >= 4 is 28.3 Å². The largest absolute Gasteiger partial charge is 0.496 e. The van der Waals surface area contributed by atoms with Crippen LogP contribution in [0, 0.1) is 0 Å². The number of hydrogen-bond donors (Lipinski definition) is 0. The van der Waals surface area contributed by atoms with E-state index in [2.05, 4.69) is 26.1 Å². The average molecular weight is 353 g/mol. The van der Waals surface area contributed by atoms with Gasteiger partial charge in [0.15, 0.2) is 0 Å². The molecule has 1 aliphatic rings. The highest BCUT2D eigenvalue weighted by Crippen LogP contribution is 2.25. The highest BCUT2D eigenvalue weighted by Gasteiger charge is 2.20. The van der Waals surface area contributed by atoms with Crippen molar-refractivity contribution in [3.63, 3.8) is 0 Å². The van der Waals surface area contributed by atoms with Crippen molar-refractivity contribution in [1.82, 2.24) is 14.3 Å². The summed E-state index contributed by atoms with van der Waals surface area (Å²) in [6.07, 6.45) is 0.894. The number of nitrogens with zero attached hydrogens (tertiary/aromatic N) is 4. The van der Waals surface area contributed by atoms with Crippen LogP contribution in [-0.4, -0.2) is 47.5 Å². The lowest BCUT2D eigenvalue weighted by Gasteiger charge is -2.34. The normalized spacial score (nSPS) is 15.9. The van der Waals surface area contributed by atoms with Gasteiger partial charge in [-0.1, -0.05) is 18.5 Å². The van der Waals surface area contributed by atoms with E-state index >= 15 is 0 Å². The highest BCUT2D eigenvalue weighted by atomic mass is 35.5. The molecule has 124 valence electrons. The van der Waals surface area contributed by atoms with E-state index in [1.807, 2.05) is 18.2 Å². The minimum Gasteiger partial charge on any atom is -0.496 e. The van der Waals surface area contributed by atoms with E-state index < -0.39 is 0 Å². The molecule has 1 aromatic heterocycles. The number of aryl methyl sites for hydroxylation is 1. The molecule has 0 radical (unpaired) electrons. The molecule has 0 atom stereocenters. The van der Waals surface area contributed by atoms with Crippen molar-refractivity contribution in [2.45, 2.75) is 19.9 Å². The summed E-state index contributed by atoms with van der Waals surface area (Å²) in [7, 11) is 1.70. The van der Waals surface area contributed by atoms with Gasteiger partial charge >= 0.3 is 0 Å². The molecule has 1 aliphatic heterocycles. The van der Waals surface area contributed by atoms with Gasteiger partial charge in [0.25, 0.3) is 0 Å². The molecule has 3 rings (SSSR count). The second kappa shape index (κ2) is 7.47. The van der Waals surface area contributed by atoms with Crippen LogP contribution in [0.2, 0.25) is 5.02 Å². The zero-order valence-electron chi connectivity index (χ0n) is 13.5. The van der Waals surface area contributed by atoms with Crippen molar-refractivity contribution < 1.29 is 4.74 Å². The smallest absolute Gasteiger partial charge is 0.205 e. The summed E-state index contributed by atoms with van der Waals surface area (Å²) in [5, 5.41) is 1.79. The van der Waals surface area contributed by atoms with Gasteiger partial charge < -0.3 is 9.64 Å². The summed E-state index contributed by atoms with van der Waals surface area (Å²) in [6, 6.07) is 5.79. The van der Waals surface area contributed by atoms with E-state index in [9.17, 15) is 0 Å². The molecule has 2 heterocycles. The zero-order valence-corrected chi connectivity index (χ0v) is 15.0. The molecule has 1 saturated heterocycles. The molecule has 7 heteroatoms. The zero-order chi connectivity index (χ0) is 16.2. The van der Waals surface area contributed by atoms with Crippen LogP contribution in [0.3, 0.4) is 0 Å². The Labute approximate surface area is 146 Å². The number of anilines is 1. The lowest BCUT2D eigenvalue weighted by atomic mass is 10.1. The first kappa shape index (κ1) is 16.5. The Balaban J connectivity index is 1.60. The number of methoxy groups -OCH3 is 1. The van der Waals surface area contributed by atoms with E-state index in [1.165, 1.54) is 11.5 Å². The van der Waals surface area contributed by atoms with Gasteiger partial charge in [-0.3, -0.25) is 4.90 Å². The van der Waals surface area contributed by atoms with Crippen LogP contribution in [0.4, 0.5) is 5.13 Å². The quantitative estimate of drug-likeness (QED) is 0.827. The third-order valence-corrected chi connectivity index (χ3v) is 5.10. The molecule has 23 heavy (non-hydrogen) atoms. The predicted octanol–water partition coefficient (Wildman–Crippen LogP) is 3.08. The van der Waals surface area contributed by atoms with E-state index in [0.717, 1.165) is 66.4 Å². The summed E-state index contributed by atoms with van der Waals surface area (Å²) in [5.41, 5.74) is 1.14. The molecule has 0 N–H and O–H groups in total. The Morgan fingerprint density at radius 1 is 1.26 bits per heavy atom. The summed E-state index contributed by atoms with van der Waals surface area (Å²) in [5.74, 6) is 1.84. The Morgan fingerprint density at radius 3 is 2.70 bits per heavy atom. The fourth-order valence-corrected chi connectivity index (χ4v) is 3.72. The van der Waals surface area contributed by atoms with Gasteiger partial charge in [0.2, 0.25) is 5.13 Å². The van der Waals surface area contributed by atoms with Crippen molar-refractivity contribution in [3.05, 3.63) is 34.6 Å². The van der Waals surface area contributed by atoms with Gasteiger partial charge in [-0.15, -0.1) is 0 Å². The van der Waals surface area contributed by atoms with E-state index in [1.54, 1.807) is 7.11 Å². The molecular formula is C16H21ClN4OS. The number of aromatic nitrogens is 2. The van der Waals surface area contributed by atoms with Crippen molar-refractivity contribution in [2.24, 2.45) is 0 Å². The molecule has 5 nitrogen and oxygen atoms in total. The number of halogens is 1. The third kappa shape index (κ3) is 3.94. The van der Waals surface area contributed by atoms with Crippen LogP contribution in [0.1, 0.15) is 18.3 Å². The molecule has 0 aliphatic carbocycles. The fourth-order valence-electron chi connectivity index (χ4n) is 2.73. The van der Waals surface area contributed by atoms with Gasteiger partial charge in [0, 0.05) is 61.3 Å². The highest BCUT2D eigenvalue weighted by molar-refractivity contribution is 7.09. The molecule has 0 amide bonds. The second-order valence-electron chi connectivity index (χ2n) is 5.57. The average Bonchev–Trinajstić information content (AvgIpc) is 3.05. The molecule has 0 unspecified atom stereocenters. The van der Waals surface area contributed by atoms with Crippen LogP contribution in [0.5, 0.6) is 5.75 Å². The van der Waals surface area contributed by atoms with Crippen molar-refractivity contribution in [1.29, 1.82) is 0 Å². The minimum atomic E-state index is 0.750. The van der Waals surface area contributed by atoms with Gasteiger partial charge in [-0.2, -0.15) is 4.37 Å². The van der Waals surface area contributed by atoms with Crippen LogP contribution < -0.4 is 9.64 Å². The van der Waals surface area contributed by atoms with Crippen molar-refractivity contribution in [2.75, 3.05) is 38.2 Å². The molecule has 0 saturated carbocycles. The van der Waals surface area contributed by atoms with E-state index in [0.29, 0.717) is 0 Å². The number of ether oxygens (including phenoxy) is 1. The Kier molecular flexibility index (Phi) is 5.35. The van der Waals surface area contributed by atoms with Crippen molar-refractivity contribution in [3.8, 4) is 5.75 Å². The molecule has 0 bridgehead atoms. The topological polar surface area (TPSA) is 41.5 Å². The third-order valence-electron chi connectivity index (χ3n) is 4.05. The first-order valence-corrected chi connectivity index (χ1v) is 8.97. The lowest BCUT2D eigenvalue weighted by Crippen LogP contribution is -2.46. The first-order chi connectivity index (χ1) is 11.2. The Morgan fingerprint density at radius 2 is 2.04 bits per heavy atom. The molecule has 1 fully saturated rings. The van der Waals surface area contributed by atoms with E-state index in [4.69, 9.17) is 16.3 Å². The molecule has 2 aromatic rings. The maximum atomic E-state index is 6.11. The summed E-state index contributed by atoms with van der Waals surface area (Å²) >= 11 is 7.62. The molecular weight excluding hydrogens is 332 g/mol. The van der Waals surface area contributed by atoms with E-state index in [-0.39, 0.29) is 0 Å². The van der Waals surface area contributed by atoms with Crippen LogP contribution in [-0.2, 0) is 13.0 Å². The summed E-state index contributed by atoms with van der Waals surface area (Å²) in [6.45, 7) is 6.88. The van der Waals surface area contributed by atoms with Gasteiger partial charge in [-0.05, 0) is 18.2 Å². The molecule has 0 spiro atoms. The van der Waals surface area contributed by atoms with Crippen LogP contribution >= 0.6 is 23.1 Å². The number of hydrogen-bond acceptors (Lipinski definition) is 6. The number of piperazine rings is 1. The predicted molar refractivity (Wildman–Crippen MR) is 94.8 cm³/mol. The Hall–Kier alpha value is -1.37. The first-order valence-electron chi connectivity index (χ1n) is 7.82. The minimum absolute atomic E-state index is 0.750. The van der Waals surface area contributed by atoms with Gasteiger partial charge in [0.1, 0.15) is 11.6 Å². The van der Waals surface area contributed by atoms with Gasteiger partial charge in [-0.25, -0.2) is 4.98 Å². The fraction of sp³-hybridized carbons (Fsp3) is 0.500. The monoisotopic (exact) mass is 352 g/mol. The van der Waals surface area contributed by atoms with Crippen LogP contribution in [0.15, 0.2) is 18.2 Å². The number of rotatable bonds is 5. The SMILES string of the molecule is CCc1nsc(N2CCN(Cc3cc(Cl)ccc3OC)CC2)n1. The Bertz CT molecular complexity index is 655. The van der Waals surface area contributed by atoms with Crippen LogP contribution in [0.25, 0.3) is 0 Å². The standard InChI is InChI=1S/C16H21ClN4OS/c1-3-15-18-16(23-19-15)21-8-6-20(7-9-21)11-12-10-13(17)4-5-14(12)22-2/h4-5,10H,3,6-9,11H2,1-2H3. The maximum Gasteiger partial charge on any atom is 0.205 e. The summed E-state index contributed by atoms with van der Waals surface area (Å²) in [4.78, 5) is 9.32. The number of benzene rings is 1. The lowest BCUT2D eigenvalue weighted by molar-refractivity contribution is 0.246. The maximum absolute atomic E-state index is 6.11.